The molecule has 116 valence electrons. The Kier molecular flexibility index (Phi) is 5.45. The molecule has 5 nitrogen and oxygen atoms in total. The first-order valence-electron chi connectivity index (χ1n) is 7.00. The largest absolute Gasteiger partial charge is 0.495 e. The number of rotatable bonds is 5. The van der Waals surface area contributed by atoms with Crippen LogP contribution in [0.15, 0.2) is 18.2 Å². The van der Waals surface area contributed by atoms with Crippen molar-refractivity contribution in [2.24, 2.45) is 11.1 Å². The minimum absolute atomic E-state index is 0.0137. The molecule has 1 heterocycles. The Labute approximate surface area is 129 Å². The molecule has 1 amide bonds. The van der Waals surface area contributed by atoms with Gasteiger partial charge in [0.1, 0.15) is 5.75 Å². The van der Waals surface area contributed by atoms with Gasteiger partial charge in [-0.15, -0.1) is 0 Å². The van der Waals surface area contributed by atoms with Crippen molar-refractivity contribution in [1.29, 1.82) is 0 Å². The molecular formula is C15H21ClN2O3. The van der Waals surface area contributed by atoms with Gasteiger partial charge in [-0.25, -0.2) is 0 Å². The molecule has 1 aromatic carbocycles. The number of hydrogen-bond acceptors (Lipinski definition) is 4. The fraction of sp³-hybridized carbons (Fsp3) is 0.533. The first kappa shape index (κ1) is 16.1. The number of benzene rings is 1. The molecule has 1 saturated heterocycles. The molecule has 0 saturated carbocycles. The normalized spacial score (nSPS) is 17.3. The maximum Gasteiger partial charge on any atom is 0.227 e. The van der Waals surface area contributed by atoms with Crippen molar-refractivity contribution < 1.29 is 14.3 Å². The van der Waals surface area contributed by atoms with E-state index in [-0.39, 0.29) is 5.91 Å². The summed E-state index contributed by atoms with van der Waals surface area (Å²) in [7, 11) is 1.57. The number of carbonyl (C=O) groups excluding carboxylic acids is 1. The molecule has 21 heavy (non-hydrogen) atoms. The first-order valence-corrected chi connectivity index (χ1v) is 7.37. The number of nitrogens with one attached hydrogen (secondary N) is 1. The Bertz CT molecular complexity index is 502. The van der Waals surface area contributed by atoms with Gasteiger partial charge in [0, 0.05) is 26.3 Å². The third-order valence-corrected chi connectivity index (χ3v) is 4.29. The van der Waals surface area contributed by atoms with Crippen LogP contribution in [0.25, 0.3) is 0 Å². The summed E-state index contributed by atoms with van der Waals surface area (Å²) in [6.07, 6.45) is 1.33. The van der Waals surface area contributed by atoms with E-state index in [4.69, 9.17) is 26.8 Å². The number of ether oxygens (including phenoxy) is 2. The lowest BCUT2D eigenvalue weighted by atomic mass is 9.79. The zero-order valence-electron chi connectivity index (χ0n) is 12.2. The molecule has 0 aromatic heterocycles. The van der Waals surface area contributed by atoms with Gasteiger partial charge in [0.15, 0.2) is 0 Å². The van der Waals surface area contributed by atoms with Crippen molar-refractivity contribution in [2.75, 3.05) is 26.9 Å². The molecule has 1 aromatic rings. The minimum Gasteiger partial charge on any atom is -0.495 e. The second-order valence-electron chi connectivity index (χ2n) is 5.25. The van der Waals surface area contributed by atoms with E-state index >= 15 is 0 Å². The van der Waals surface area contributed by atoms with Crippen molar-refractivity contribution in [3.05, 3.63) is 28.8 Å². The van der Waals surface area contributed by atoms with E-state index in [1.54, 1.807) is 19.2 Å². The van der Waals surface area contributed by atoms with Gasteiger partial charge in [-0.2, -0.15) is 0 Å². The zero-order valence-corrected chi connectivity index (χ0v) is 12.9. The van der Waals surface area contributed by atoms with Crippen molar-refractivity contribution >= 4 is 17.5 Å². The third kappa shape index (κ3) is 3.67. The molecule has 1 aliphatic heterocycles. The number of methoxy groups -OCH3 is 1. The molecule has 0 atom stereocenters. The van der Waals surface area contributed by atoms with E-state index in [0.717, 1.165) is 5.56 Å². The van der Waals surface area contributed by atoms with Crippen LogP contribution in [-0.2, 0) is 16.1 Å². The SMILES string of the molecule is COc1ccc(CNC(=O)C2(CN)CCOCC2)cc1Cl. The van der Waals surface area contributed by atoms with Crippen molar-refractivity contribution in [2.45, 2.75) is 19.4 Å². The van der Waals surface area contributed by atoms with Gasteiger partial charge in [0.05, 0.1) is 17.5 Å². The van der Waals surface area contributed by atoms with Crippen LogP contribution in [0.1, 0.15) is 18.4 Å². The molecule has 3 N–H and O–H groups in total. The molecular weight excluding hydrogens is 292 g/mol. The van der Waals surface area contributed by atoms with E-state index in [9.17, 15) is 4.79 Å². The van der Waals surface area contributed by atoms with Gasteiger partial charge in [-0.05, 0) is 30.5 Å². The summed E-state index contributed by atoms with van der Waals surface area (Å²) in [6, 6.07) is 5.46. The van der Waals surface area contributed by atoms with E-state index < -0.39 is 5.41 Å². The third-order valence-electron chi connectivity index (χ3n) is 3.99. The smallest absolute Gasteiger partial charge is 0.227 e. The summed E-state index contributed by atoms with van der Waals surface area (Å²) in [4.78, 5) is 12.4. The van der Waals surface area contributed by atoms with Crippen LogP contribution in [0, 0.1) is 5.41 Å². The molecule has 0 aliphatic carbocycles. The van der Waals surface area contributed by atoms with Gasteiger partial charge >= 0.3 is 0 Å². The van der Waals surface area contributed by atoms with E-state index in [1.807, 2.05) is 6.07 Å². The minimum atomic E-state index is -0.505. The van der Waals surface area contributed by atoms with Gasteiger partial charge < -0.3 is 20.5 Å². The maximum atomic E-state index is 12.4. The lowest BCUT2D eigenvalue weighted by Gasteiger charge is -2.34. The van der Waals surface area contributed by atoms with Crippen molar-refractivity contribution in [3.63, 3.8) is 0 Å². The molecule has 0 unspecified atom stereocenters. The summed E-state index contributed by atoms with van der Waals surface area (Å²) in [5, 5.41) is 3.48. The lowest BCUT2D eigenvalue weighted by molar-refractivity contribution is -0.136. The van der Waals surface area contributed by atoms with Crippen LogP contribution >= 0.6 is 11.6 Å². The summed E-state index contributed by atoms with van der Waals surface area (Å²) in [6.45, 7) is 1.93. The zero-order chi connectivity index (χ0) is 15.3. The molecule has 1 fully saturated rings. The second-order valence-corrected chi connectivity index (χ2v) is 5.66. The quantitative estimate of drug-likeness (QED) is 0.868. The highest BCUT2D eigenvalue weighted by molar-refractivity contribution is 6.32. The Balaban J connectivity index is 1.98. The van der Waals surface area contributed by atoms with E-state index in [0.29, 0.717) is 49.9 Å². The van der Waals surface area contributed by atoms with Gasteiger partial charge in [0.25, 0.3) is 0 Å². The highest BCUT2D eigenvalue weighted by Gasteiger charge is 2.38. The molecule has 6 heteroatoms. The summed E-state index contributed by atoms with van der Waals surface area (Å²) in [5.74, 6) is 0.606. The average molecular weight is 313 g/mol. The lowest BCUT2D eigenvalue weighted by Crippen LogP contribution is -2.48. The Morgan fingerprint density at radius 2 is 2.19 bits per heavy atom. The number of carbonyl (C=O) groups is 1. The fourth-order valence-electron chi connectivity index (χ4n) is 2.48. The standard InChI is InChI=1S/C15H21ClN2O3/c1-20-13-3-2-11(8-12(13)16)9-18-14(19)15(10-17)4-6-21-7-5-15/h2-3,8H,4-7,9-10,17H2,1H3,(H,18,19). The van der Waals surface area contributed by atoms with Crippen molar-refractivity contribution in [3.8, 4) is 5.75 Å². The first-order chi connectivity index (χ1) is 10.1. The van der Waals surface area contributed by atoms with Gasteiger partial charge in [-0.1, -0.05) is 17.7 Å². The maximum absolute atomic E-state index is 12.4. The summed E-state index contributed by atoms with van der Waals surface area (Å²) >= 11 is 6.07. The number of halogens is 1. The molecule has 0 radical (unpaired) electrons. The number of nitrogens with two attached hydrogens (primary N) is 1. The predicted molar refractivity (Wildman–Crippen MR) is 81.4 cm³/mol. The Morgan fingerprint density at radius 1 is 1.48 bits per heavy atom. The van der Waals surface area contributed by atoms with Crippen LogP contribution < -0.4 is 15.8 Å². The molecule has 1 aliphatic rings. The van der Waals surface area contributed by atoms with Crippen molar-refractivity contribution in [1.82, 2.24) is 5.32 Å². The van der Waals surface area contributed by atoms with Crippen LogP contribution in [-0.4, -0.2) is 32.8 Å². The van der Waals surface area contributed by atoms with Crippen LogP contribution in [0.2, 0.25) is 5.02 Å². The van der Waals surface area contributed by atoms with Gasteiger partial charge in [-0.3, -0.25) is 4.79 Å². The Morgan fingerprint density at radius 3 is 2.76 bits per heavy atom. The highest BCUT2D eigenvalue weighted by Crippen LogP contribution is 2.30. The summed E-state index contributed by atoms with van der Waals surface area (Å²) in [5.41, 5.74) is 6.24. The monoisotopic (exact) mass is 312 g/mol. The predicted octanol–water partition coefficient (Wildman–Crippen LogP) is 1.72. The summed E-state index contributed by atoms with van der Waals surface area (Å²) < 4.78 is 10.4. The van der Waals surface area contributed by atoms with E-state index in [2.05, 4.69) is 5.32 Å². The van der Waals surface area contributed by atoms with E-state index in [1.165, 1.54) is 0 Å². The van der Waals surface area contributed by atoms with Crippen LogP contribution in [0.5, 0.6) is 5.75 Å². The molecule has 2 rings (SSSR count). The van der Waals surface area contributed by atoms with Crippen LogP contribution in [0.3, 0.4) is 0 Å². The molecule has 0 bridgehead atoms. The van der Waals surface area contributed by atoms with Gasteiger partial charge in [0.2, 0.25) is 5.91 Å². The highest BCUT2D eigenvalue weighted by atomic mass is 35.5. The average Bonchev–Trinajstić information content (AvgIpc) is 2.53. The molecule has 0 spiro atoms. The number of hydrogen-bond donors (Lipinski definition) is 2. The second kappa shape index (κ2) is 7.11. The Hall–Kier alpha value is -1.30. The van der Waals surface area contributed by atoms with Crippen LogP contribution in [0.4, 0.5) is 0 Å². The number of amides is 1. The topological polar surface area (TPSA) is 73.6 Å². The fourth-order valence-corrected chi connectivity index (χ4v) is 2.76.